The minimum absolute atomic E-state index is 0.00257. The molecule has 0 bridgehead atoms. The lowest BCUT2D eigenvalue weighted by atomic mass is 10.2. The largest absolute Gasteiger partial charge is 0.347 e. The third-order valence-electron chi connectivity index (χ3n) is 4.39. The summed E-state index contributed by atoms with van der Waals surface area (Å²) in [5, 5.41) is 8.61. The van der Waals surface area contributed by atoms with Crippen LogP contribution in [-0.2, 0) is 22.6 Å². The normalized spacial score (nSPS) is 10.7. The molecular weight excluding hydrogens is 388 g/mol. The molecule has 0 spiro atoms. The van der Waals surface area contributed by atoms with Gasteiger partial charge in [-0.2, -0.15) is 4.98 Å². The molecule has 7 nitrogen and oxygen atoms in total. The summed E-state index contributed by atoms with van der Waals surface area (Å²) >= 11 is 1.55. The second kappa shape index (κ2) is 10.5. The van der Waals surface area contributed by atoms with Gasteiger partial charge in [0.2, 0.25) is 23.5 Å². The molecule has 1 aromatic carbocycles. The average Bonchev–Trinajstić information content (AvgIpc) is 3.43. The number of benzene rings is 1. The Morgan fingerprint density at radius 3 is 2.72 bits per heavy atom. The van der Waals surface area contributed by atoms with Crippen LogP contribution in [-0.4, -0.2) is 39.9 Å². The third kappa shape index (κ3) is 6.25. The number of nitrogens with zero attached hydrogens (tertiary/aromatic N) is 3. The molecule has 1 N–H and O–H groups in total. The van der Waals surface area contributed by atoms with Crippen LogP contribution in [0.5, 0.6) is 0 Å². The lowest BCUT2D eigenvalue weighted by molar-refractivity contribution is -0.133. The van der Waals surface area contributed by atoms with E-state index < -0.39 is 0 Å². The summed E-state index contributed by atoms with van der Waals surface area (Å²) in [7, 11) is 0. The molecule has 0 unspecified atom stereocenters. The molecule has 3 rings (SSSR count). The summed E-state index contributed by atoms with van der Waals surface area (Å²) in [6.45, 7) is 3.06. The molecule has 8 heteroatoms. The Labute approximate surface area is 173 Å². The van der Waals surface area contributed by atoms with Crippen molar-refractivity contribution in [2.45, 2.75) is 32.7 Å². The van der Waals surface area contributed by atoms with Crippen LogP contribution in [0.3, 0.4) is 0 Å². The maximum absolute atomic E-state index is 12.4. The second-order valence-electron chi connectivity index (χ2n) is 6.51. The molecule has 29 heavy (non-hydrogen) atoms. The Bertz CT molecular complexity index is 909. The maximum Gasteiger partial charge on any atom is 0.242 e. The lowest BCUT2D eigenvalue weighted by Crippen LogP contribution is -2.39. The third-order valence-corrected chi connectivity index (χ3v) is 5.26. The van der Waals surface area contributed by atoms with E-state index in [9.17, 15) is 9.59 Å². The van der Waals surface area contributed by atoms with E-state index in [1.54, 1.807) is 16.2 Å². The Hall–Kier alpha value is -3.00. The van der Waals surface area contributed by atoms with Crippen LogP contribution in [0.1, 0.15) is 31.2 Å². The van der Waals surface area contributed by atoms with Gasteiger partial charge in [0.15, 0.2) is 0 Å². The molecule has 0 radical (unpaired) electrons. The van der Waals surface area contributed by atoms with Crippen molar-refractivity contribution in [3.8, 4) is 10.7 Å². The predicted octanol–water partition coefficient (Wildman–Crippen LogP) is 3.29. The number of aromatic nitrogens is 2. The molecule has 2 heterocycles. The molecule has 0 atom stereocenters. The predicted molar refractivity (Wildman–Crippen MR) is 111 cm³/mol. The quantitative estimate of drug-likeness (QED) is 0.552. The van der Waals surface area contributed by atoms with Crippen molar-refractivity contribution in [1.29, 1.82) is 0 Å². The summed E-state index contributed by atoms with van der Waals surface area (Å²) in [6, 6.07) is 13.7. The van der Waals surface area contributed by atoms with E-state index in [0.717, 1.165) is 10.4 Å². The monoisotopic (exact) mass is 412 g/mol. The molecule has 0 saturated heterocycles. The van der Waals surface area contributed by atoms with E-state index >= 15 is 0 Å². The highest BCUT2D eigenvalue weighted by Crippen LogP contribution is 2.21. The van der Waals surface area contributed by atoms with Gasteiger partial charge in [0.05, 0.1) is 11.4 Å². The SMILES string of the molecule is CCN(Cc1ccccc1)C(=O)CNC(=O)CCCc1nc(-c2cccs2)no1. The molecule has 0 aliphatic heterocycles. The van der Waals surface area contributed by atoms with E-state index in [0.29, 0.717) is 44.1 Å². The summed E-state index contributed by atoms with van der Waals surface area (Å²) in [4.78, 5) is 31.4. The van der Waals surface area contributed by atoms with Crippen molar-refractivity contribution in [1.82, 2.24) is 20.4 Å². The molecule has 3 aromatic rings. The first-order valence-electron chi connectivity index (χ1n) is 9.60. The molecule has 152 valence electrons. The second-order valence-corrected chi connectivity index (χ2v) is 7.46. The number of hydrogen-bond acceptors (Lipinski definition) is 6. The Morgan fingerprint density at radius 2 is 2.00 bits per heavy atom. The van der Waals surface area contributed by atoms with Gasteiger partial charge in [-0.1, -0.05) is 41.6 Å². The zero-order valence-electron chi connectivity index (χ0n) is 16.3. The van der Waals surface area contributed by atoms with Crippen molar-refractivity contribution in [2.75, 3.05) is 13.1 Å². The smallest absolute Gasteiger partial charge is 0.242 e. The minimum atomic E-state index is -0.160. The van der Waals surface area contributed by atoms with Gasteiger partial charge >= 0.3 is 0 Å². The van der Waals surface area contributed by atoms with E-state index in [-0.39, 0.29) is 18.4 Å². The average molecular weight is 413 g/mol. The van der Waals surface area contributed by atoms with Crippen LogP contribution in [0.15, 0.2) is 52.4 Å². The highest BCUT2D eigenvalue weighted by atomic mass is 32.1. The highest BCUT2D eigenvalue weighted by molar-refractivity contribution is 7.13. The summed E-state index contributed by atoms with van der Waals surface area (Å²) in [5.41, 5.74) is 1.07. The molecular formula is C21H24N4O3S. The van der Waals surface area contributed by atoms with Gasteiger partial charge in [0, 0.05) is 25.9 Å². The van der Waals surface area contributed by atoms with Crippen molar-refractivity contribution in [3.05, 3.63) is 59.3 Å². The van der Waals surface area contributed by atoms with E-state index in [2.05, 4.69) is 15.5 Å². The van der Waals surface area contributed by atoms with E-state index in [1.165, 1.54) is 0 Å². The van der Waals surface area contributed by atoms with Gasteiger partial charge in [-0.3, -0.25) is 9.59 Å². The summed E-state index contributed by atoms with van der Waals surface area (Å²) in [6.07, 6.45) is 1.40. The summed E-state index contributed by atoms with van der Waals surface area (Å²) in [5.74, 6) is 0.828. The number of amides is 2. The Balaban J connectivity index is 1.37. The Kier molecular flexibility index (Phi) is 7.52. The van der Waals surface area contributed by atoms with Crippen LogP contribution in [0.25, 0.3) is 10.7 Å². The lowest BCUT2D eigenvalue weighted by Gasteiger charge is -2.21. The van der Waals surface area contributed by atoms with Crippen LogP contribution in [0.2, 0.25) is 0 Å². The molecule has 0 saturated carbocycles. The number of carbonyl (C=O) groups excluding carboxylic acids is 2. The molecule has 0 aliphatic rings. The van der Waals surface area contributed by atoms with Crippen LogP contribution < -0.4 is 5.32 Å². The van der Waals surface area contributed by atoms with Gasteiger partial charge in [-0.15, -0.1) is 11.3 Å². The number of nitrogens with one attached hydrogen (secondary N) is 1. The minimum Gasteiger partial charge on any atom is -0.347 e. The standard InChI is InChI=1S/C21H24N4O3S/c1-2-25(15-16-8-4-3-5-9-16)20(27)14-22-18(26)11-6-12-19-23-21(24-28-19)17-10-7-13-29-17/h3-5,7-10,13H,2,6,11-12,14-15H2,1H3,(H,22,26). The van der Waals surface area contributed by atoms with Crippen molar-refractivity contribution in [3.63, 3.8) is 0 Å². The van der Waals surface area contributed by atoms with Gasteiger partial charge in [0.25, 0.3) is 0 Å². The maximum atomic E-state index is 12.4. The molecule has 2 amide bonds. The van der Waals surface area contributed by atoms with Crippen LogP contribution >= 0.6 is 11.3 Å². The number of likely N-dealkylation sites (N-methyl/N-ethyl adjacent to an activating group) is 1. The number of carbonyl (C=O) groups is 2. The Morgan fingerprint density at radius 1 is 1.17 bits per heavy atom. The first kappa shape index (κ1) is 20.7. The fourth-order valence-electron chi connectivity index (χ4n) is 2.82. The molecule has 0 fully saturated rings. The highest BCUT2D eigenvalue weighted by Gasteiger charge is 2.14. The molecule has 0 aliphatic carbocycles. The number of thiophene rings is 1. The fourth-order valence-corrected chi connectivity index (χ4v) is 3.47. The summed E-state index contributed by atoms with van der Waals surface area (Å²) < 4.78 is 5.22. The van der Waals surface area contributed by atoms with Gasteiger partial charge in [-0.25, -0.2) is 0 Å². The zero-order chi connectivity index (χ0) is 20.5. The molecule has 2 aromatic heterocycles. The van der Waals surface area contributed by atoms with Crippen molar-refractivity contribution < 1.29 is 14.1 Å². The van der Waals surface area contributed by atoms with Gasteiger partial charge in [-0.05, 0) is 30.4 Å². The van der Waals surface area contributed by atoms with Gasteiger partial charge < -0.3 is 14.7 Å². The number of aryl methyl sites for hydroxylation is 1. The number of hydrogen-bond donors (Lipinski definition) is 1. The first-order chi connectivity index (χ1) is 14.2. The first-order valence-corrected chi connectivity index (χ1v) is 10.5. The van der Waals surface area contributed by atoms with Crippen LogP contribution in [0, 0.1) is 0 Å². The van der Waals surface area contributed by atoms with Crippen LogP contribution in [0.4, 0.5) is 0 Å². The van der Waals surface area contributed by atoms with E-state index in [1.807, 2.05) is 54.8 Å². The fraction of sp³-hybridized carbons (Fsp3) is 0.333. The topological polar surface area (TPSA) is 88.3 Å². The van der Waals surface area contributed by atoms with E-state index in [4.69, 9.17) is 4.52 Å². The zero-order valence-corrected chi connectivity index (χ0v) is 17.2. The number of rotatable bonds is 10. The van der Waals surface area contributed by atoms with Gasteiger partial charge in [0.1, 0.15) is 0 Å². The van der Waals surface area contributed by atoms with Crippen molar-refractivity contribution in [2.24, 2.45) is 0 Å². The van der Waals surface area contributed by atoms with Crippen molar-refractivity contribution >= 4 is 23.2 Å².